The molecule has 0 atom stereocenters. The monoisotopic (exact) mass is 305 g/mol. The summed E-state index contributed by atoms with van der Waals surface area (Å²) in [6.07, 6.45) is 7.30. The second-order valence-electron chi connectivity index (χ2n) is 5.80. The van der Waals surface area contributed by atoms with Crippen LogP contribution < -0.4 is 5.73 Å². The van der Waals surface area contributed by atoms with E-state index < -0.39 is 5.41 Å². The number of pyridine rings is 1. The molecule has 0 saturated heterocycles. The maximum absolute atomic E-state index is 12.8. The zero-order valence-electron chi connectivity index (χ0n) is 12.5. The molecule has 2 N–H and O–H groups in total. The van der Waals surface area contributed by atoms with Crippen LogP contribution in [0.15, 0.2) is 24.4 Å². The van der Waals surface area contributed by atoms with Gasteiger partial charge < -0.3 is 10.6 Å². The Balaban J connectivity index is 2.01. The van der Waals surface area contributed by atoms with Crippen LogP contribution in [0.3, 0.4) is 0 Å². The van der Waals surface area contributed by atoms with E-state index in [2.05, 4.69) is 4.98 Å². The fourth-order valence-electron chi connectivity index (χ4n) is 3.02. The molecule has 1 heterocycles. The van der Waals surface area contributed by atoms with Crippen LogP contribution in [0.4, 0.5) is 0 Å². The van der Waals surface area contributed by atoms with Crippen LogP contribution >= 0.6 is 12.2 Å². The lowest BCUT2D eigenvalue weighted by molar-refractivity contribution is -0.138. The Morgan fingerprint density at radius 1 is 1.38 bits per heavy atom. The zero-order valence-corrected chi connectivity index (χ0v) is 13.4. The van der Waals surface area contributed by atoms with E-state index in [1.165, 1.54) is 0 Å². The van der Waals surface area contributed by atoms with Gasteiger partial charge in [-0.3, -0.25) is 9.78 Å². The van der Waals surface area contributed by atoms with Gasteiger partial charge in [-0.25, -0.2) is 0 Å². The fourth-order valence-corrected chi connectivity index (χ4v) is 3.31. The molecule has 5 heteroatoms. The molecule has 1 saturated carbocycles. The predicted octanol–water partition coefficient (Wildman–Crippen LogP) is 2.32. The summed E-state index contributed by atoms with van der Waals surface area (Å²) >= 11 is 5.22. The SMILES string of the molecule is CN(CCc1ccccn1)C(=O)C1(C(N)=S)CCCCC1. The van der Waals surface area contributed by atoms with E-state index in [1.54, 1.807) is 11.1 Å². The van der Waals surface area contributed by atoms with Crippen molar-refractivity contribution in [1.82, 2.24) is 9.88 Å². The summed E-state index contributed by atoms with van der Waals surface area (Å²) in [5.41, 5.74) is 6.29. The van der Waals surface area contributed by atoms with Gasteiger partial charge in [0.25, 0.3) is 0 Å². The lowest BCUT2D eigenvalue weighted by Crippen LogP contribution is -2.50. The van der Waals surface area contributed by atoms with Crippen molar-refractivity contribution < 1.29 is 4.79 Å². The summed E-state index contributed by atoms with van der Waals surface area (Å²) in [7, 11) is 1.83. The topological polar surface area (TPSA) is 59.2 Å². The predicted molar refractivity (Wildman–Crippen MR) is 87.9 cm³/mol. The Hall–Kier alpha value is -1.49. The molecule has 1 amide bonds. The minimum atomic E-state index is -0.619. The number of nitrogens with two attached hydrogens (primary N) is 1. The number of thiocarbonyl (C=S) groups is 1. The number of hydrogen-bond donors (Lipinski definition) is 1. The van der Waals surface area contributed by atoms with E-state index in [1.807, 2.05) is 25.2 Å². The maximum Gasteiger partial charge on any atom is 0.235 e. The van der Waals surface area contributed by atoms with E-state index in [9.17, 15) is 4.79 Å². The number of carbonyl (C=O) groups excluding carboxylic acids is 1. The highest BCUT2D eigenvalue weighted by Gasteiger charge is 2.43. The van der Waals surface area contributed by atoms with Gasteiger partial charge in [0.1, 0.15) is 0 Å². The van der Waals surface area contributed by atoms with Gasteiger partial charge in [0, 0.05) is 31.9 Å². The van der Waals surface area contributed by atoms with Crippen LogP contribution in [0.2, 0.25) is 0 Å². The van der Waals surface area contributed by atoms with Gasteiger partial charge in [-0.15, -0.1) is 0 Å². The van der Waals surface area contributed by atoms with Crippen molar-refractivity contribution in [3.8, 4) is 0 Å². The Labute approximate surface area is 131 Å². The van der Waals surface area contributed by atoms with Crippen LogP contribution in [-0.2, 0) is 11.2 Å². The molecule has 0 bridgehead atoms. The van der Waals surface area contributed by atoms with Gasteiger partial charge >= 0.3 is 0 Å². The molecule has 0 aliphatic heterocycles. The highest BCUT2D eigenvalue weighted by Crippen LogP contribution is 2.38. The summed E-state index contributed by atoms with van der Waals surface area (Å²) in [6, 6.07) is 5.83. The van der Waals surface area contributed by atoms with Crippen LogP contribution in [0, 0.1) is 5.41 Å². The van der Waals surface area contributed by atoms with Gasteiger partial charge in [-0.2, -0.15) is 0 Å². The van der Waals surface area contributed by atoms with Gasteiger partial charge in [0.2, 0.25) is 5.91 Å². The Bertz CT molecular complexity index is 498. The minimum absolute atomic E-state index is 0.0747. The van der Waals surface area contributed by atoms with Crippen molar-refractivity contribution in [3.05, 3.63) is 30.1 Å². The molecule has 1 aromatic rings. The highest BCUT2D eigenvalue weighted by molar-refractivity contribution is 7.80. The number of hydrogen-bond acceptors (Lipinski definition) is 3. The Kier molecular flexibility index (Phi) is 5.28. The van der Waals surface area contributed by atoms with Crippen molar-refractivity contribution in [2.24, 2.45) is 11.1 Å². The van der Waals surface area contributed by atoms with Crippen LogP contribution in [0.25, 0.3) is 0 Å². The number of likely N-dealkylation sites (N-methyl/N-ethyl adjacent to an activating group) is 1. The minimum Gasteiger partial charge on any atom is -0.392 e. The number of amides is 1. The third-order valence-corrected chi connectivity index (χ3v) is 4.76. The molecule has 1 aliphatic rings. The highest BCUT2D eigenvalue weighted by atomic mass is 32.1. The number of nitrogens with zero attached hydrogens (tertiary/aromatic N) is 2. The van der Waals surface area contributed by atoms with E-state index >= 15 is 0 Å². The van der Waals surface area contributed by atoms with Gasteiger partial charge in [-0.1, -0.05) is 37.5 Å². The van der Waals surface area contributed by atoms with Crippen molar-refractivity contribution in [3.63, 3.8) is 0 Å². The lowest BCUT2D eigenvalue weighted by atomic mass is 9.73. The number of carbonyl (C=O) groups is 1. The quantitative estimate of drug-likeness (QED) is 0.848. The first kappa shape index (κ1) is 15.9. The van der Waals surface area contributed by atoms with Gasteiger partial charge in [-0.05, 0) is 25.0 Å². The van der Waals surface area contributed by atoms with Gasteiger partial charge in [0.05, 0.1) is 10.4 Å². The average molecular weight is 305 g/mol. The average Bonchev–Trinajstić information content (AvgIpc) is 2.53. The summed E-state index contributed by atoms with van der Waals surface area (Å²) in [5.74, 6) is 0.0747. The third kappa shape index (κ3) is 3.59. The van der Waals surface area contributed by atoms with E-state index in [0.29, 0.717) is 11.5 Å². The molecule has 1 fully saturated rings. The first-order valence-corrected chi connectivity index (χ1v) is 7.92. The van der Waals surface area contributed by atoms with Crippen LogP contribution in [0.5, 0.6) is 0 Å². The van der Waals surface area contributed by atoms with Crippen molar-refractivity contribution in [2.45, 2.75) is 38.5 Å². The first-order valence-electron chi connectivity index (χ1n) is 7.52. The molecule has 0 aromatic carbocycles. The Morgan fingerprint density at radius 3 is 2.67 bits per heavy atom. The zero-order chi connectivity index (χ0) is 15.3. The van der Waals surface area contributed by atoms with Crippen LogP contribution in [-0.4, -0.2) is 34.4 Å². The summed E-state index contributed by atoms with van der Waals surface area (Å²) in [6.45, 7) is 0.639. The molecule has 2 rings (SSSR count). The molecule has 0 spiro atoms. The normalized spacial score (nSPS) is 17.2. The van der Waals surface area contributed by atoms with Crippen molar-refractivity contribution in [2.75, 3.05) is 13.6 Å². The molecular weight excluding hydrogens is 282 g/mol. The molecule has 0 radical (unpaired) electrons. The molecule has 21 heavy (non-hydrogen) atoms. The molecule has 0 unspecified atom stereocenters. The molecule has 114 valence electrons. The first-order chi connectivity index (χ1) is 10.1. The van der Waals surface area contributed by atoms with Crippen molar-refractivity contribution >= 4 is 23.1 Å². The van der Waals surface area contributed by atoms with E-state index in [-0.39, 0.29) is 5.91 Å². The molecular formula is C16H23N3OS. The van der Waals surface area contributed by atoms with Crippen molar-refractivity contribution in [1.29, 1.82) is 0 Å². The molecule has 1 aromatic heterocycles. The summed E-state index contributed by atoms with van der Waals surface area (Å²) in [5, 5.41) is 0. The Morgan fingerprint density at radius 2 is 2.10 bits per heavy atom. The van der Waals surface area contributed by atoms with E-state index in [4.69, 9.17) is 18.0 Å². The molecule has 1 aliphatic carbocycles. The standard InChI is InChI=1S/C16H23N3OS/c1-19(12-8-13-7-3-6-11-18-13)15(20)16(14(17)21)9-4-2-5-10-16/h3,6-7,11H,2,4-5,8-10,12H2,1H3,(H2,17,21). The smallest absolute Gasteiger partial charge is 0.235 e. The van der Waals surface area contributed by atoms with Crippen LogP contribution in [0.1, 0.15) is 37.8 Å². The fraction of sp³-hybridized carbons (Fsp3) is 0.562. The summed E-state index contributed by atoms with van der Waals surface area (Å²) in [4.78, 5) is 19.2. The van der Waals surface area contributed by atoms with E-state index in [0.717, 1.165) is 44.2 Å². The van der Waals surface area contributed by atoms with Gasteiger partial charge in [0.15, 0.2) is 0 Å². The second-order valence-corrected chi connectivity index (χ2v) is 6.24. The second kappa shape index (κ2) is 6.98. The number of aromatic nitrogens is 1. The molecule has 4 nitrogen and oxygen atoms in total. The largest absolute Gasteiger partial charge is 0.392 e. The summed E-state index contributed by atoms with van der Waals surface area (Å²) < 4.78 is 0. The third-order valence-electron chi connectivity index (χ3n) is 4.36. The number of rotatable bonds is 5. The maximum atomic E-state index is 12.8. The lowest BCUT2D eigenvalue weighted by Gasteiger charge is -2.37.